The summed E-state index contributed by atoms with van der Waals surface area (Å²) in [7, 11) is 0. The van der Waals surface area contributed by atoms with Gasteiger partial charge in [0.2, 0.25) is 24.5 Å². The molecule has 0 saturated heterocycles. The Hall–Kier alpha value is -4.15. The van der Waals surface area contributed by atoms with E-state index in [1.807, 2.05) is 27.7 Å². The number of hydrogen-bond donors (Lipinski definition) is 4. The first-order valence-electron chi connectivity index (χ1n) is 16.1. The number of amides is 4. The van der Waals surface area contributed by atoms with Gasteiger partial charge in [-0.05, 0) is 61.4 Å². The van der Waals surface area contributed by atoms with Crippen LogP contribution < -0.4 is 26.0 Å². The van der Waals surface area contributed by atoms with Crippen LogP contribution in [0.1, 0.15) is 93.1 Å². The summed E-state index contributed by atoms with van der Waals surface area (Å²) in [5.41, 5.74) is 0.586. The van der Waals surface area contributed by atoms with Gasteiger partial charge in [-0.2, -0.15) is 0 Å². The number of hydrogen-bond acceptors (Lipinski definition) is 7. The highest BCUT2D eigenvalue weighted by molar-refractivity contribution is 5.92. The number of carbonyl (C=O) groups excluding carboxylic acids is 4. The van der Waals surface area contributed by atoms with Crippen molar-refractivity contribution in [2.75, 3.05) is 12.1 Å². The van der Waals surface area contributed by atoms with Crippen LogP contribution in [0.5, 0.6) is 5.75 Å². The maximum atomic E-state index is 13.7. The average molecular weight is 640 g/mol. The largest absolute Gasteiger partial charge is 0.457 e. The van der Waals surface area contributed by atoms with Gasteiger partial charge in [0.25, 0.3) is 0 Å². The van der Waals surface area contributed by atoms with Gasteiger partial charge < -0.3 is 25.4 Å². The van der Waals surface area contributed by atoms with Gasteiger partial charge in [0.05, 0.1) is 0 Å². The van der Waals surface area contributed by atoms with Crippen molar-refractivity contribution in [3.05, 3.63) is 54.4 Å². The molecule has 46 heavy (non-hydrogen) atoms. The summed E-state index contributed by atoms with van der Waals surface area (Å²) in [6, 6.07) is 8.55. The first kappa shape index (κ1) is 38.0. The minimum atomic E-state index is -0.893. The van der Waals surface area contributed by atoms with Crippen molar-refractivity contribution in [1.29, 1.82) is 0 Å². The molecule has 254 valence electrons. The van der Waals surface area contributed by atoms with Crippen molar-refractivity contribution in [2.45, 2.75) is 112 Å². The van der Waals surface area contributed by atoms with Crippen LogP contribution in [0.25, 0.3) is 0 Å². The lowest BCUT2D eigenvalue weighted by atomic mass is 9.76. The van der Waals surface area contributed by atoms with Crippen LogP contribution in [-0.2, 0) is 25.5 Å². The molecule has 0 fully saturated rings. The number of ether oxygens (including phenoxy) is 2. The van der Waals surface area contributed by atoms with Crippen LogP contribution in [0, 0.1) is 11.3 Å². The third kappa shape index (κ3) is 12.7. The number of aromatic nitrogens is 1. The summed E-state index contributed by atoms with van der Waals surface area (Å²) >= 11 is 0. The minimum absolute atomic E-state index is 0.133. The smallest absolute Gasteiger partial charge is 0.414 e. The Morgan fingerprint density at radius 2 is 1.52 bits per heavy atom. The van der Waals surface area contributed by atoms with Crippen LogP contribution in [0.2, 0.25) is 0 Å². The molecule has 0 aliphatic rings. The normalized spacial score (nSPS) is 13.5. The SMILES string of the molecule is CCCCCC(=O)NC(Cc1ccc(OCOC(=O)Nc2ccncc2)cc1)C(=O)NC(C(=O)NC(C)(C)C(C)(C)C)C(C)CC. The Labute approximate surface area is 274 Å². The van der Waals surface area contributed by atoms with E-state index in [0.29, 0.717) is 24.3 Å². The molecule has 2 rings (SSSR count). The second kappa shape index (κ2) is 18.1. The van der Waals surface area contributed by atoms with Crippen molar-refractivity contribution in [1.82, 2.24) is 20.9 Å². The quantitative estimate of drug-likeness (QED) is 0.127. The first-order valence-corrected chi connectivity index (χ1v) is 16.1. The van der Waals surface area contributed by atoms with Gasteiger partial charge in [0.15, 0.2) is 0 Å². The zero-order chi connectivity index (χ0) is 34.3. The number of nitrogens with one attached hydrogen (secondary N) is 4. The molecule has 3 unspecified atom stereocenters. The molecule has 0 saturated carbocycles. The Kier molecular flexibility index (Phi) is 15.0. The Bertz CT molecular complexity index is 1260. The van der Waals surface area contributed by atoms with E-state index in [1.54, 1.807) is 48.8 Å². The lowest BCUT2D eigenvalue weighted by Gasteiger charge is -2.41. The topological polar surface area (TPSA) is 148 Å². The molecule has 1 heterocycles. The van der Waals surface area contributed by atoms with Crippen molar-refractivity contribution in [2.24, 2.45) is 11.3 Å². The zero-order valence-electron chi connectivity index (χ0n) is 28.7. The second-order valence-electron chi connectivity index (χ2n) is 13.2. The van der Waals surface area contributed by atoms with Gasteiger partial charge in [0, 0.05) is 36.5 Å². The van der Waals surface area contributed by atoms with E-state index in [-0.39, 0.29) is 36.4 Å². The minimum Gasteiger partial charge on any atom is -0.457 e. The average Bonchev–Trinajstić information content (AvgIpc) is 2.99. The molecule has 0 aliphatic heterocycles. The van der Waals surface area contributed by atoms with E-state index in [1.165, 1.54) is 0 Å². The maximum absolute atomic E-state index is 13.7. The van der Waals surface area contributed by atoms with Crippen molar-refractivity contribution >= 4 is 29.5 Å². The molecular weight excluding hydrogens is 586 g/mol. The number of rotatable bonds is 17. The number of carbonyl (C=O) groups is 4. The predicted octanol–water partition coefficient (Wildman–Crippen LogP) is 5.75. The van der Waals surface area contributed by atoms with Gasteiger partial charge in [-0.25, -0.2) is 4.79 Å². The molecule has 0 spiro atoms. The number of pyridine rings is 1. The third-order valence-electron chi connectivity index (χ3n) is 8.47. The maximum Gasteiger partial charge on any atom is 0.414 e. The zero-order valence-corrected chi connectivity index (χ0v) is 28.7. The third-order valence-corrected chi connectivity index (χ3v) is 8.47. The Balaban J connectivity index is 2.11. The van der Waals surface area contributed by atoms with Crippen molar-refractivity contribution in [3.8, 4) is 5.75 Å². The van der Waals surface area contributed by atoms with Gasteiger partial charge in [0.1, 0.15) is 17.8 Å². The fraction of sp³-hybridized carbons (Fsp3) is 0.571. The summed E-state index contributed by atoms with van der Waals surface area (Å²) in [5, 5.41) is 11.6. The highest BCUT2D eigenvalue weighted by Crippen LogP contribution is 2.29. The molecule has 0 aliphatic carbocycles. The van der Waals surface area contributed by atoms with Crippen LogP contribution in [-0.4, -0.2) is 53.2 Å². The van der Waals surface area contributed by atoms with Gasteiger partial charge in [-0.15, -0.1) is 0 Å². The van der Waals surface area contributed by atoms with Crippen LogP contribution in [0.4, 0.5) is 10.5 Å². The standard InChI is InChI=1S/C35H53N5O6/c1-9-11-12-13-29(41)38-28(31(42)39-30(24(3)10-2)32(43)40-35(7,8)34(4,5)6)22-25-14-16-27(17-15-25)45-23-46-33(44)37-26-18-20-36-21-19-26/h14-21,24,28,30H,9-13,22-23H2,1-8H3,(H,38,41)(H,39,42)(H,40,43)(H,36,37,44). The molecule has 1 aromatic heterocycles. The first-order chi connectivity index (χ1) is 21.7. The van der Waals surface area contributed by atoms with E-state index in [2.05, 4.69) is 53.9 Å². The molecule has 0 bridgehead atoms. The van der Waals surface area contributed by atoms with Gasteiger partial charge in [-0.3, -0.25) is 24.7 Å². The summed E-state index contributed by atoms with van der Waals surface area (Å²) in [6.07, 6.45) is 6.25. The number of nitrogens with zero attached hydrogens (tertiary/aromatic N) is 1. The van der Waals surface area contributed by atoms with Crippen LogP contribution in [0.15, 0.2) is 48.8 Å². The number of unbranched alkanes of at least 4 members (excludes halogenated alkanes) is 2. The summed E-state index contributed by atoms with van der Waals surface area (Å²) in [5.74, 6) is -0.569. The predicted molar refractivity (Wildman–Crippen MR) is 179 cm³/mol. The van der Waals surface area contributed by atoms with Crippen LogP contribution in [0.3, 0.4) is 0 Å². The molecule has 0 radical (unpaired) electrons. The lowest BCUT2D eigenvalue weighted by molar-refractivity contribution is -0.134. The summed E-state index contributed by atoms with van der Waals surface area (Å²) in [4.78, 5) is 55.9. The van der Waals surface area contributed by atoms with E-state index in [4.69, 9.17) is 9.47 Å². The molecule has 4 amide bonds. The highest BCUT2D eigenvalue weighted by Gasteiger charge is 2.38. The second-order valence-corrected chi connectivity index (χ2v) is 13.2. The monoisotopic (exact) mass is 639 g/mol. The van der Waals surface area contributed by atoms with E-state index >= 15 is 0 Å². The van der Waals surface area contributed by atoms with Gasteiger partial charge >= 0.3 is 6.09 Å². The van der Waals surface area contributed by atoms with Crippen molar-refractivity contribution in [3.63, 3.8) is 0 Å². The fourth-order valence-corrected chi connectivity index (χ4v) is 4.24. The van der Waals surface area contributed by atoms with E-state index < -0.39 is 29.6 Å². The fourth-order valence-electron chi connectivity index (χ4n) is 4.24. The molecule has 2 aromatic rings. The highest BCUT2D eigenvalue weighted by atomic mass is 16.7. The van der Waals surface area contributed by atoms with E-state index in [9.17, 15) is 19.2 Å². The molecule has 11 nitrogen and oxygen atoms in total. The number of benzene rings is 1. The molecule has 11 heteroatoms. The van der Waals surface area contributed by atoms with Crippen molar-refractivity contribution < 1.29 is 28.7 Å². The molecule has 3 atom stereocenters. The Morgan fingerprint density at radius 1 is 0.870 bits per heavy atom. The molecular formula is C35H53N5O6. The number of anilines is 1. The summed E-state index contributed by atoms with van der Waals surface area (Å²) in [6.45, 7) is 15.8. The van der Waals surface area contributed by atoms with Crippen LogP contribution >= 0.6 is 0 Å². The molecule has 4 N–H and O–H groups in total. The van der Waals surface area contributed by atoms with E-state index in [0.717, 1.165) is 24.8 Å². The summed E-state index contributed by atoms with van der Waals surface area (Å²) < 4.78 is 10.6. The van der Waals surface area contributed by atoms with Gasteiger partial charge in [-0.1, -0.05) is 72.9 Å². The molecule has 1 aromatic carbocycles. The lowest BCUT2D eigenvalue weighted by Crippen LogP contribution is -2.61. The Morgan fingerprint density at radius 3 is 2.11 bits per heavy atom.